The molecule has 0 saturated heterocycles. The molecule has 1 N–H and O–H groups in total. The maximum absolute atomic E-state index is 9.20. The van der Waals surface area contributed by atoms with Gasteiger partial charge in [-0.1, -0.05) is 19.3 Å². The van der Waals surface area contributed by atoms with Gasteiger partial charge in [0.1, 0.15) is 0 Å². The molecule has 1 fully saturated rings. The van der Waals surface area contributed by atoms with Gasteiger partial charge in [0, 0.05) is 7.11 Å². The van der Waals surface area contributed by atoms with E-state index in [0.717, 1.165) is 0 Å². The fourth-order valence-electron chi connectivity index (χ4n) is 2.62. The van der Waals surface area contributed by atoms with Crippen molar-refractivity contribution in [2.75, 3.05) is 13.7 Å². The van der Waals surface area contributed by atoms with Gasteiger partial charge in [0.15, 0.2) is 0 Å². The first-order chi connectivity index (χ1) is 7.65. The average Bonchev–Trinajstić information content (AvgIpc) is 2.29. The summed E-state index contributed by atoms with van der Waals surface area (Å²) >= 11 is 0. The predicted octanol–water partition coefficient (Wildman–Crippen LogP) is 2.37. The molecule has 0 bridgehead atoms. The minimum atomic E-state index is -0.397. The van der Waals surface area contributed by atoms with Crippen molar-refractivity contribution in [2.45, 2.75) is 64.3 Å². The highest BCUT2D eigenvalue weighted by molar-refractivity contribution is 4.79. The first-order valence-electron chi connectivity index (χ1n) is 6.47. The van der Waals surface area contributed by atoms with Crippen molar-refractivity contribution in [3.8, 4) is 0 Å². The molecule has 1 aliphatic carbocycles. The van der Waals surface area contributed by atoms with Crippen molar-refractivity contribution >= 4 is 0 Å². The molecule has 1 aliphatic rings. The van der Waals surface area contributed by atoms with Crippen LogP contribution in [0.25, 0.3) is 0 Å². The van der Waals surface area contributed by atoms with Crippen LogP contribution in [0.5, 0.6) is 0 Å². The molecule has 0 heterocycles. The number of hydrogen-bond donors (Lipinski definition) is 1. The summed E-state index contributed by atoms with van der Waals surface area (Å²) in [5, 5.41) is 9.20. The summed E-state index contributed by atoms with van der Waals surface area (Å²) < 4.78 is 11.2. The SMILES string of the molecule is COC(C1CCCCC1)C(C)OCC(C)O. The predicted molar refractivity (Wildman–Crippen MR) is 64.5 cm³/mol. The van der Waals surface area contributed by atoms with E-state index in [9.17, 15) is 5.11 Å². The van der Waals surface area contributed by atoms with E-state index in [4.69, 9.17) is 9.47 Å². The van der Waals surface area contributed by atoms with Gasteiger partial charge in [-0.3, -0.25) is 0 Å². The Kier molecular flexibility index (Phi) is 6.32. The highest BCUT2D eigenvalue weighted by atomic mass is 16.5. The van der Waals surface area contributed by atoms with Gasteiger partial charge in [-0.2, -0.15) is 0 Å². The number of hydrogen-bond acceptors (Lipinski definition) is 3. The molecule has 3 atom stereocenters. The molecule has 0 amide bonds. The monoisotopic (exact) mass is 230 g/mol. The zero-order chi connectivity index (χ0) is 12.0. The van der Waals surface area contributed by atoms with Crippen LogP contribution < -0.4 is 0 Å². The lowest BCUT2D eigenvalue weighted by atomic mass is 9.83. The van der Waals surface area contributed by atoms with E-state index in [0.29, 0.717) is 12.5 Å². The van der Waals surface area contributed by atoms with Crippen LogP contribution in [0.1, 0.15) is 46.0 Å². The van der Waals surface area contributed by atoms with Gasteiger partial charge < -0.3 is 14.6 Å². The zero-order valence-electron chi connectivity index (χ0n) is 10.8. The van der Waals surface area contributed by atoms with Gasteiger partial charge in [0.05, 0.1) is 24.9 Å². The number of aliphatic hydroxyl groups excluding tert-OH is 1. The fourth-order valence-corrected chi connectivity index (χ4v) is 2.62. The van der Waals surface area contributed by atoms with Crippen molar-refractivity contribution in [3.63, 3.8) is 0 Å². The minimum Gasteiger partial charge on any atom is -0.391 e. The topological polar surface area (TPSA) is 38.7 Å². The summed E-state index contributed by atoms with van der Waals surface area (Å²) in [6.45, 7) is 4.19. The second-order valence-electron chi connectivity index (χ2n) is 4.99. The molecule has 0 spiro atoms. The van der Waals surface area contributed by atoms with Crippen LogP contribution in [-0.2, 0) is 9.47 Å². The third-order valence-corrected chi connectivity index (χ3v) is 3.45. The molecule has 0 aromatic carbocycles. The van der Waals surface area contributed by atoms with Crippen LogP contribution in [-0.4, -0.2) is 37.1 Å². The summed E-state index contributed by atoms with van der Waals surface area (Å²) in [6, 6.07) is 0. The highest BCUT2D eigenvalue weighted by Gasteiger charge is 2.28. The summed E-state index contributed by atoms with van der Waals surface area (Å²) in [4.78, 5) is 0. The van der Waals surface area contributed by atoms with E-state index in [-0.39, 0.29) is 12.2 Å². The molecular formula is C13H26O3. The number of rotatable bonds is 6. The Morgan fingerprint density at radius 1 is 1.19 bits per heavy atom. The molecule has 0 radical (unpaired) electrons. The van der Waals surface area contributed by atoms with E-state index < -0.39 is 6.10 Å². The average molecular weight is 230 g/mol. The van der Waals surface area contributed by atoms with Gasteiger partial charge in [0.25, 0.3) is 0 Å². The van der Waals surface area contributed by atoms with Crippen molar-refractivity contribution in [2.24, 2.45) is 5.92 Å². The Morgan fingerprint density at radius 2 is 1.81 bits per heavy atom. The largest absolute Gasteiger partial charge is 0.391 e. The molecule has 3 nitrogen and oxygen atoms in total. The van der Waals surface area contributed by atoms with Gasteiger partial charge in [0.2, 0.25) is 0 Å². The van der Waals surface area contributed by atoms with Crippen LogP contribution >= 0.6 is 0 Å². The molecule has 1 saturated carbocycles. The molecule has 16 heavy (non-hydrogen) atoms. The second kappa shape index (κ2) is 7.25. The Morgan fingerprint density at radius 3 is 2.31 bits per heavy atom. The lowest BCUT2D eigenvalue weighted by Crippen LogP contribution is -2.37. The lowest BCUT2D eigenvalue weighted by Gasteiger charge is -2.33. The van der Waals surface area contributed by atoms with Gasteiger partial charge in [-0.15, -0.1) is 0 Å². The van der Waals surface area contributed by atoms with Gasteiger partial charge >= 0.3 is 0 Å². The first kappa shape index (κ1) is 13.9. The molecule has 0 aliphatic heterocycles. The Labute approximate surface area is 99.1 Å². The number of aliphatic hydroxyl groups is 1. The van der Waals surface area contributed by atoms with Gasteiger partial charge in [-0.25, -0.2) is 0 Å². The van der Waals surface area contributed by atoms with Crippen LogP contribution in [0.2, 0.25) is 0 Å². The van der Waals surface area contributed by atoms with Crippen molar-refractivity contribution in [1.82, 2.24) is 0 Å². The van der Waals surface area contributed by atoms with E-state index in [1.54, 1.807) is 14.0 Å². The number of methoxy groups -OCH3 is 1. The van der Waals surface area contributed by atoms with E-state index in [1.165, 1.54) is 32.1 Å². The first-order valence-corrected chi connectivity index (χ1v) is 6.47. The molecule has 3 heteroatoms. The molecule has 1 rings (SSSR count). The van der Waals surface area contributed by atoms with E-state index >= 15 is 0 Å². The highest BCUT2D eigenvalue weighted by Crippen LogP contribution is 2.29. The summed E-state index contributed by atoms with van der Waals surface area (Å²) in [5.41, 5.74) is 0. The number of ether oxygens (including phenoxy) is 2. The molecule has 0 aromatic heterocycles. The normalized spacial score (nSPS) is 24.0. The third kappa shape index (κ3) is 4.40. The summed E-state index contributed by atoms with van der Waals surface area (Å²) in [5.74, 6) is 0.628. The maximum atomic E-state index is 9.20. The smallest absolute Gasteiger partial charge is 0.0858 e. The van der Waals surface area contributed by atoms with Crippen LogP contribution in [0.3, 0.4) is 0 Å². The second-order valence-corrected chi connectivity index (χ2v) is 4.99. The standard InChI is InChI=1S/C13H26O3/c1-10(14)9-16-11(2)13(15-3)12-7-5-4-6-8-12/h10-14H,4-9H2,1-3H3. The van der Waals surface area contributed by atoms with Crippen LogP contribution in [0.15, 0.2) is 0 Å². The van der Waals surface area contributed by atoms with Crippen LogP contribution in [0.4, 0.5) is 0 Å². The Balaban J connectivity index is 2.38. The Bertz CT molecular complexity index is 176. The molecular weight excluding hydrogens is 204 g/mol. The van der Waals surface area contributed by atoms with Crippen LogP contribution in [0, 0.1) is 5.92 Å². The summed E-state index contributed by atoms with van der Waals surface area (Å²) in [6.07, 6.45) is 6.34. The quantitative estimate of drug-likeness (QED) is 0.761. The fraction of sp³-hybridized carbons (Fsp3) is 1.00. The van der Waals surface area contributed by atoms with Crippen molar-refractivity contribution < 1.29 is 14.6 Å². The van der Waals surface area contributed by atoms with Crippen molar-refractivity contribution in [3.05, 3.63) is 0 Å². The Hall–Kier alpha value is -0.120. The lowest BCUT2D eigenvalue weighted by molar-refractivity contribution is -0.0941. The van der Waals surface area contributed by atoms with Gasteiger partial charge in [-0.05, 0) is 32.6 Å². The third-order valence-electron chi connectivity index (χ3n) is 3.45. The van der Waals surface area contributed by atoms with Crippen molar-refractivity contribution in [1.29, 1.82) is 0 Å². The minimum absolute atomic E-state index is 0.0719. The zero-order valence-corrected chi connectivity index (χ0v) is 10.8. The van der Waals surface area contributed by atoms with E-state index in [2.05, 4.69) is 0 Å². The molecule has 96 valence electrons. The molecule has 3 unspecified atom stereocenters. The maximum Gasteiger partial charge on any atom is 0.0858 e. The summed E-state index contributed by atoms with van der Waals surface area (Å²) in [7, 11) is 1.77. The van der Waals surface area contributed by atoms with E-state index in [1.807, 2.05) is 6.92 Å². The molecule has 0 aromatic rings.